The molecule has 0 bridgehead atoms. The fourth-order valence-corrected chi connectivity index (χ4v) is 3.56. The van der Waals surface area contributed by atoms with Crippen LogP contribution in [-0.2, 0) is 0 Å². The van der Waals surface area contributed by atoms with Gasteiger partial charge in [-0.1, -0.05) is 18.9 Å². The molecule has 4 N–H and O–H groups in total. The number of aryl methyl sites for hydroxylation is 1. The van der Waals surface area contributed by atoms with Gasteiger partial charge in [-0.05, 0) is 37.5 Å². The summed E-state index contributed by atoms with van der Waals surface area (Å²) in [5, 5.41) is 0.564. The van der Waals surface area contributed by atoms with Crippen LogP contribution in [0.4, 0.5) is 5.69 Å². The molecule has 2 rings (SSSR count). The van der Waals surface area contributed by atoms with Gasteiger partial charge >= 0.3 is 0 Å². The first kappa shape index (κ1) is 11.8. The average molecular weight is 236 g/mol. The Morgan fingerprint density at radius 1 is 1.25 bits per heavy atom. The highest BCUT2D eigenvalue weighted by atomic mass is 32.2. The van der Waals surface area contributed by atoms with Gasteiger partial charge in [0, 0.05) is 21.9 Å². The largest absolute Gasteiger partial charge is 0.399 e. The summed E-state index contributed by atoms with van der Waals surface area (Å²) >= 11 is 1.91. The lowest BCUT2D eigenvalue weighted by molar-refractivity contribution is 0.453. The van der Waals surface area contributed by atoms with Gasteiger partial charge in [-0.15, -0.1) is 11.8 Å². The monoisotopic (exact) mass is 236 g/mol. The molecule has 0 radical (unpaired) electrons. The zero-order valence-corrected chi connectivity index (χ0v) is 10.6. The Bertz CT molecular complexity index is 365. The van der Waals surface area contributed by atoms with Crippen LogP contribution >= 0.6 is 11.8 Å². The summed E-state index contributed by atoms with van der Waals surface area (Å²) in [6.45, 7) is 2.14. The van der Waals surface area contributed by atoms with Crippen molar-refractivity contribution in [3.05, 3.63) is 23.8 Å². The average Bonchev–Trinajstić information content (AvgIpc) is 2.27. The van der Waals surface area contributed by atoms with E-state index in [4.69, 9.17) is 11.5 Å². The molecule has 16 heavy (non-hydrogen) atoms. The molecule has 0 heterocycles. The number of benzene rings is 1. The number of anilines is 1. The standard InChI is InChI=1S/C13H20N2S/c1-9-6-7-10(14)8-13(9)16-12-5-3-2-4-11(12)15/h6-8,11-12H,2-5,14-15H2,1H3. The molecule has 1 aromatic rings. The maximum Gasteiger partial charge on any atom is 0.0325 e. The second-order valence-corrected chi connectivity index (χ2v) is 5.91. The Balaban J connectivity index is 2.10. The number of nitrogens with two attached hydrogens (primary N) is 2. The summed E-state index contributed by atoms with van der Waals surface area (Å²) in [7, 11) is 0. The van der Waals surface area contributed by atoms with Crippen molar-refractivity contribution in [3.8, 4) is 0 Å². The number of hydrogen-bond acceptors (Lipinski definition) is 3. The van der Waals surface area contributed by atoms with Gasteiger partial charge < -0.3 is 11.5 Å². The first-order valence-electron chi connectivity index (χ1n) is 5.95. The second kappa shape index (κ2) is 5.11. The number of nitrogen functional groups attached to an aromatic ring is 1. The topological polar surface area (TPSA) is 52.0 Å². The van der Waals surface area contributed by atoms with E-state index in [0.717, 1.165) is 5.69 Å². The quantitative estimate of drug-likeness (QED) is 0.776. The van der Waals surface area contributed by atoms with Crippen molar-refractivity contribution in [1.82, 2.24) is 0 Å². The van der Waals surface area contributed by atoms with Crippen LogP contribution in [0.1, 0.15) is 31.2 Å². The van der Waals surface area contributed by atoms with E-state index in [9.17, 15) is 0 Å². The number of thioether (sulfide) groups is 1. The maximum atomic E-state index is 6.16. The Morgan fingerprint density at radius 2 is 2.00 bits per heavy atom. The van der Waals surface area contributed by atoms with E-state index in [1.165, 1.54) is 36.1 Å². The van der Waals surface area contributed by atoms with Gasteiger partial charge in [-0.3, -0.25) is 0 Å². The normalized spacial score (nSPS) is 25.6. The van der Waals surface area contributed by atoms with E-state index in [-0.39, 0.29) is 0 Å². The summed E-state index contributed by atoms with van der Waals surface area (Å²) in [6.07, 6.45) is 5.00. The highest BCUT2D eigenvalue weighted by molar-refractivity contribution is 8.00. The van der Waals surface area contributed by atoms with Crippen molar-refractivity contribution in [2.75, 3.05) is 5.73 Å². The van der Waals surface area contributed by atoms with Gasteiger partial charge in [0.15, 0.2) is 0 Å². The third-order valence-electron chi connectivity index (χ3n) is 3.24. The van der Waals surface area contributed by atoms with Gasteiger partial charge in [0.1, 0.15) is 0 Å². The lowest BCUT2D eigenvalue weighted by Gasteiger charge is -2.28. The smallest absolute Gasteiger partial charge is 0.0325 e. The van der Waals surface area contributed by atoms with Crippen LogP contribution in [0, 0.1) is 6.92 Å². The van der Waals surface area contributed by atoms with Gasteiger partial charge in [-0.2, -0.15) is 0 Å². The summed E-state index contributed by atoms with van der Waals surface area (Å²) in [5.41, 5.74) is 14.1. The molecule has 2 atom stereocenters. The summed E-state index contributed by atoms with van der Waals surface area (Å²) < 4.78 is 0. The first-order valence-corrected chi connectivity index (χ1v) is 6.83. The molecule has 0 saturated heterocycles. The SMILES string of the molecule is Cc1ccc(N)cc1SC1CCCCC1N. The predicted molar refractivity (Wildman–Crippen MR) is 71.7 cm³/mol. The molecule has 1 saturated carbocycles. The van der Waals surface area contributed by atoms with Crippen molar-refractivity contribution in [1.29, 1.82) is 0 Å². The van der Waals surface area contributed by atoms with Gasteiger partial charge in [0.25, 0.3) is 0 Å². The molecule has 0 aromatic heterocycles. The van der Waals surface area contributed by atoms with E-state index in [2.05, 4.69) is 19.1 Å². The van der Waals surface area contributed by atoms with Crippen LogP contribution in [0.2, 0.25) is 0 Å². The third-order valence-corrected chi connectivity index (χ3v) is 4.83. The molecule has 2 nitrogen and oxygen atoms in total. The predicted octanol–water partition coefficient (Wildman–Crippen LogP) is 2.94. The summed E-state index contributed by atoms with van der Waals surface area (Å²) in [5.74, 6) is 0. The molecule has 1 aliphatic rings. The Labute approximate surface area is 102 Å². The van der Waals surface area contributed by atoms with E-state index in [1.54, 1.807) is 0 Å². The molecule has 0 aliphatic heterocycles. The molecular weight excluding hydrogens is 216 g/mol. The van der Waals surface area contributed by atoms with Crippen LogP contribution in [0.15, 0.2) is 23.1 Å². The van der Waals surface area contributed by atoms with Crippen molar-refractivity contribution in [3.63, 3.8) is 0 Å². The third kappa shape index (κ3) is 2.71. The van der Waals surface area contributed by atoms with Crippen molar-refractivity contribution >= 4 is 17.4 Å². The molecule has 2 unspecified atom stereocenters. The van der Waals surface area contributed by atoms with E-state index in [1.807, 2.05) is 17.8 Å². The number of rotatable bonds is 2. The van der Waals surface area contributed by atoms with Crippen LogP contribution in [0.25, 0.3) is 0 Å². The Kier molecular flexibility index (Phi) is 3.77. The van der Waals surface area contributed by atoms with Gasteiger partial charge in [0.05, 0.1) is 0 Å². The molecular formula is C13H20N2S. The molecule has 1 aliphatic carbocycles. The highest BCUT2D eigenvalue weighted by Crippen LogP contribution is 2.35. The molecule has 88 valence electrons. The zero-order valence-electron chi connectivity index (χ0n) is 9.78. The minimum absolute atomic E-state index is 0.347. The van der Waals surface area contributed by atoms with E-state index < -0.39 is 0 Å². The van der Waals surface area contributed by atoms with Crippen LogP contribution < -0.4 is 11.5 Å². The minimum atomic E-state index is 0.347. The molecule has 1 fully saturated rings. The van der Waals surface area contributed by atoms with Gasteiger partial charge in [-0.25, -0.2) is 0 Å². The van der Waals surface area contributed by atoms with Crippen LogP contribution in [-0.4, -0.2) is 11.3 Å². The second-order valence-electron chi connectivity index (χ2n) is 4.63. The number of hydrogen-bond donors (Lipinski definition) is 2. The van der Waals surface area contributed by atoms with E-state index in [0.29, 0.717) is 11.3 Å². The first-order chi connectivity index (χ1) is 7.66. The van der Waals surface area contributed by atoms with Gasteiger partial charge in [0.2, 0.25) is 0 Å². The molecule has 0 amide bonds. The van der Waals surface area contributed by atoms with Crippen molar-refractivity contribution < 1.29 is 0 Å². The molecule has 3 heteroatoms. The van der Waals surface area contributed by atoms with E-state index >= 15 is 0 Å². The minimum Gasteiger partial charge on any atom is -0.399 e. The maximum absolute atomic E-state index is 6.16. The highest BCUT2D eigenvalue weighted by Gasteiger charge is 2.23. The molecule has 1 aromatic carbocycles. The Morgan fingerprint density at radius 3 is 2.75 bits per heavy atom. The van der Waals surface area contributed by atoms with Crippen molar-refractivity contribution in [2.45, 2.75) is 48.8 Å². The van der Waals surface area contributed by atoms with Crippen molar-refractivity contribution in [2.24, 2.45) is 5.73 Å². The summed E-state index contributed by atoms with van der Waals surface area (Å²) in [4.78, 5) is 1.29. The fraction of sp³-hybridized carbons (Fsp3) is 0.538. The zero-order chi connectivity index (χ0) is 11.5. The lowest BCUT2D eigenvalue weighted by atomic mass is 9.96. The lowest BCUT2D eigenvalue weighted by Crippen LogP contribution is -2.35. The fourth-order valence-electron chi connectivity index (χ4n) is 2.18. The van der Waals surface area contributed by atoms with Crippen LogP contribution in [0.5, 0.6) is 0 Å². The Hall–Kier alpha value is -0.670. The summed E-state index contributed by atoms with van der Waals surface area (Å²) in [6, 6.07) is 6.47. The molecule has 0 spiro atoms. The van der Waals surface area contributed by atoms with Crippen LogP contribution in [0.3, 0.4) is 0 Å².